The molecule has 1 aromatic rings. The van der Waals surface area contributed by atoms with E-state index in [0.29, 0.717) is 23.4 Å². The van der Waals surface area contributed by atoms with Crippen LogP contribution in [0.4, 0.5) is 0 Å². The molecule has 0 aliphatic carbocycles. The average Bonchev–Trinajstić information content (AvgIpc) is 2.87. The molecule has 0 unspecified atom stereocenters. The van der Waals surface area contributed by atoms with Gasteiger partial charge in [0.1, 0.15) is 4.88 Å². The van der Waals surface area contributed by atoms with Crippen molar-refractivity contribution in [2.24, 2.45) is 0 Å². The highest BCUT2D eigenvalue weighted by Gasteiger charge is 2.11. The van der Waals surface area contributed by atoms with Crippen LogP contribution in [0.2, 0.25) is 0 Å². The number of hydrogen-bond acceptors (Lipinski definition) is 4. The highest BCUT2D eigenvalue weighted by Crippen LogP contribution is 2.15. The molecule has 6 heteroatoms. The van der Waals surface area contributed by atoms with Gasteiger partial charge in [-0.1, -0.05) is 11.8 Å². The van der Waals surface area contributed by atoms with Crippen LogP contribution in [0.25, 0.3) is 0 Å². The Morgan fingerprint density at radius 1 is 1.47 bits per heavy atom. The Morgan fingerprint density at radius 3 is 2.95 bits per heavy atom. The van der Waals surface area contributed by atoms with Crippen LogP contribution < -0.4 is 10.6 Å². The topological polar surface area (TPSA) is 78.4 Å². The molecule has 2 amide bonds. The maximum atomic E-state index is 11.9. The summed E-state index contributed by atoms with van der Waals surface area (Å²) in [5, 5.41) is 15.6. The van der Waals surface area contributed by atoms with E-state index in [1.165, 1.54) is 11.3 Å². The van der Waals surface area contributed by atoms with E-state index < -0.39 is 0 Å². The first-order valence-corrected chi connectivity index (χ1v) is 6.73. The van der Waals surface area contributed by atoms with Gasteiger partial charge in [-0.05, 0) is 11.4 Å². The molecule has 19 heavy (non-hydrogen) atoms. The van der Waals surface area contributed by atoms with Gasteiger partial charge in [0.05, 0.1) is 6.61 Å². The third kappa shape index (κ3) is 5.12. The summed E-state index contributed by atoms with van der Waals surface area (Å²) >= 11 is 1.30. The average molecular weight is 280 g/mol. The van der Waals surface area contributed by atoms with Crippen molar-refractivity contribution in [1.29, 1.82) is 0 Å². The predicted octanol–water partition coefficient (Wildman–Crippen LogP) is 0.348. The summed E-state index contributed by atoms with van der Waals surface area (Å²) in [7, 11) is 1.55. The lowest BCUT2D eigenvalue weighted by molar-refractivity contribution is -0.120. The van der Waals surface area contributed by atoms with E-state index in [9.17, 15) is 9.59 Å². The Balaban J connectivity index is 2.56. The number of hydrogen-bond donors (Lipinski definition) is 3. The standard InChI is InChI=1S/C13H16N2O3S/c1-14-11(17)5-7-15-13(18)12-10(6-9-19-12)4-2-3-8-16/h6,9,16H,3,5,7-8H2,1H3,(H,14,17)(H,15,18). The van der Waals surface area contributed by atoms with Gasteiger partial charge in [-0.3, -0.25) is 9.59 Å². The summed E-state index contributed by atoms with van der Waals surface area (Å²) in [5.74, 6) is 5.28. The normalized spacial score (nSPS) is 9.37. The van der Waals surface area contributed by atoms with Crippen molar-refractivity contribution in [2.75, 3.05) is 20.2 Å². The fraction of sp³-hybridized carbons (Fsp3) is 0.385. The van der Waals surface area contributed by atoms with Crippen LogP contribution in [0.5, 0.6) is 0 Å². The van der Waals surface area contributed by atoms with Crippen molar-refractivity contribution in [1.82, 2.24) is 10.6 Å². The first-order chi connectivity index (χ1) is 9.19. The van der Waals surface area contributed by atoms with E-state index in [-0.39, 0.29) is 24.8 Å². The summed E-state index contributed by atoms with van der Waals surface area (Å²) in [4.78, 5) is 23.4. The first kappa shape index (κ1) is 15.2. The van der Waals surface area contributed by atoms with E-state index in [1.807, 2.05) is 0 Å². The lowest BCUT2D eigenvalue weighted by Gasteiger charge is -2.03. The molecule has 0 aliphatic rings. The number of aliphatic hydroxyl groups excluding tert-OH is 1. The number of nitrogens with one attached hydrogen (secondary N) is 2. The quantitative estimate of drug-likeness (QED) is 0.681. The number of amides is 2. The molecule has 0 bridgehead atoms. The smallest absolute Gasteiger partial charge is 0.262 e. The van der Waals surface area contributed by atoms with Gasteiger partial charge in [0.15, 0.2) is 0 Å². The van der Waals surface area contributed by atoms with Crippen LogP contribution in [0.1, 0.15) is 28.1 Å². The molecule has 0 spiro atoms. The molecule has 0 saturated heterocycles. The maximum Gasteiger partial charge on any atom is 0.262 e. The molecule has 0 aromatic carbocycles. The van der Waals surface area contributed by atoms with Crippen molar-refractivity contribution in [3.63, 3.8) is 0 Å². The van der Waals surface area contributed by atoms with Crippen molar-refractivity contribution >= 4 is 23.2 Å². The first-order valence-electron chi connectivity index (χ1n) is 5.85. The number of carbonyl (C=O) groups is 2. The van der Waals surface area contributed by atoms with Gasteiger partial charge in [-0.25, -0.2) is 0 Å². The van der Waals surface area contributed by atoms with Crippen molar-refractivity contribution in [3.8, 4) is 11.8 Å². The van der Waals surface area contributed by atoms with Crippen LogP contribution in [0.3, 0.4) is 0 Å². The highest BCUT2D eigenvalue weighted by atomic mass is 32.1. The van der Waals surface area contributed by atoms with Crippen molar-refractivity contribution < 1.29 is 14.7 Å². The zero-order chi connectivity index (χ0) is 14.1. The second-order valence-corrected chi connectivity index (χ2v) is 4.53. The fourth-order valence-electron chi connectivity index (χ4n) is 1.29. The SMILES string of the molecule is CNC(=O)CCNC(=O)c1sccc1C#CCCO. The molecule has 5 nitrogen and oxygen atoms in total. The van der Waals surface area contributed by atoms with Crippen LogP contribution in [-0.2, 0) is 4.79 Å². The summed E-state index contributed by atoms with van der Waals surface area (Å²) < 4.78 is 0. The van der Waals surface area contributed by atoms with Gasteiger partial charge < -0.3 is 15.7 Å². The summed E-state index contributed by atoms with van der Waals surface area (Å²) in [6, 6.07) is 1.77. The van der Waals surface area contributed by atoms with E-state index in [0.717, 1.165) is 0 Å². The molecule has 0 radical (unpaired) electrons. The lowest BCUT2D eigenvalue weighted by Crippen LogP contribution is -2.29. The minimum atomic E-state index is -0.229. The summed E-state index contributed by atoms with van der Waals surface area (Å²) in [5.41, 5.74) is 0.649. The molecule has 1 heterocycles. The molecule has 102 valence electrons. The molecular formula is C13H16N2O3S. The summed E-state index contributed by atoms with van der Waals surface area (Å²) in [6.07, 6.45) is 0.632. The molecule has 1 rings (SSSR count). The van der Waals surface area contributed by atoms with Gasteiger partial charge in [-0.15, -0.1) is 11.3 Å². The minimum absolute atomic E-state index is 0.00476. The largest absolute Gasteiger partial charge is 0.395 e. The fourth-order valence-corrected chi connectivity index (χ4v) is 2.06. The lowest BCUT2D eigenvalue weighted by atomic mass is 10.2. The second kappa shape index (κ2) is 8.29. The third-order valence-electron chi connectivity index (χ3n) is 2.25. The van der Waals surface area contributed by atoms with E-state index in [1.54, 1.807) is 18.5 Å². The van der Waals surface area contributed by atoms with Gasteiger partial charge in [0.2, 0.25) is 5.91 Å². The van der Waals surface area contributed by atoms with Crippen LogP contribution in [0, 0.1) is 11.8 Å². The Labute approximate surface area is 116 Å². The second-order valence-electron chi connectivity index (χ2n) is 3.62. The number of rotatable bonds is 5. The Morgan fingerprint density at radius 2 is 2.26 bits per heavy atom. The molecule has 0 fully saturated rings. The van der Waals surface area contributed by atoms with Crippen LogP contribution >= 0.6 is 11.3 Å². The maximum absolute atomic E-state index is 11.9. The number of carbonyl (C=O) groups excluding carboxylic acids is 2. The van der Waals surface area contributed by atoms with Gasteiger partial charge in [-0.2, -0.15) is 0 Å². The van der Waals surface area contributed by atoms with E-state index in [4.69, 9.17) is 5.11 Å². The van der Waals surface area contributed by atoms with E-state index >= 15 is 0 Å². The molecule has 0 atom stereocenters. The Hall–Kier alpha value is -1.84. The monoisotopic (exact) mass is 280 g/mol. The van der Waals surface area contributed by atoms with E-state index in [2.05, 4.69) is 22.5 Å². The van der Waals surface area contributed by atoms with Crippen molar-refractivity contribution in [2.45, 2.75) is 12.8 Å². The van der Waals surface area contributed by atoms with Gasteiger partial charge in [0.25, 0.3) is 5.91 Å². The van der Waals surface area contributed by atoms with Crippen molar-refractivity contribution in [3.05, 3.63) is 21.9 Å². The molecule has 3 N–H and O–H groups in total. The van der Waals surface area contributed by atoms with Gasteiger partial charge >= 0.3 is 0 Å². The minimum Gasteiger partial charge on any atom is -0.395 e. The van der Waals surface area contributed by atoms with Crippen LogP contribution in [-0.4, -0.2) is 37.1 Å². The molecular weight excluding hydrogens is 264 g/mol. The zero-order valence-electron chi connectivity index (χ0n) is 10.7. The third-order valence-corrected chi connectivity index (χ3v) is 3.16. The molecule has 0 saturated carbocycles. The summed E-state index contributed by atoms with van der Waals surface area (Å²) in [6.45, 7) is 0.296. The Bertz CT molecular complexity index is 499. The number of thiophene rings is 1. The Kier molecular flexibility index (Phi) is 6.64. The highest BCUT2D eigenvalue weighted by molar-refractivity contribution is 7.12. The van der Waals surface area contributed by atoms with Gasteiger partial charge in [0, 0.05) is 32.0 Å². The van der Waals surface area contributed by atoms with Crippen LogP contribution in [0.15, 0.2) is 11.4 Å². The molecule has 0 aliphatic heterocycles. The predicted molar refractivity (Wildman–Crippen MR) is 73.9 cm³/mol. The zero-order valence-corrected chi connectivity index (χ0v) is 11.5. The number of aliphatic hydroxyl groups is 1. The molecule has 1 aromatic heterocycles.